The monoisotopic (exact) mass is 579 g/mol. The highest BCUT2D eigenvalue weighted by atomic mass is 19.4. The SMILES string of the molecule is CC1CC2C3CCC4=CC(=O)C=CC4(C)C3(F)C(O)CC2(C)C1(O)C(=O)NCCCOc1ccc(C(F)(F)F)cc1. The number of ketones is 1. The van der Waals surface area contributed by atoms with Crippen molar-refractivity contribution in [1.82, 2.24) is 5.32 Å². The van der Waals surface area contributed by atoms with Crippen LogP contribution in [0.2, 0.25) is 0 Å². The number of hydrogen-bond donors (Lipinski definition) is 3. The van der Waals surface area contributed by atoms with Gasteiger partial charge in [0.25, 0.3) is 5.91 Å². The molecule has 0 radical (unpaired) electrons. The maximum absolute atomic E-state index is 17.2. The second-order valence-electron chi connectivity index (χ2n) is 12.6. The van der Waals surface area contributed by atoms with E-state index in [0.717, 1.165) is 12.1 Å². The Kier molecular flexibility index (Phi) is 7.21. The van der Waals surface area contributed by atoms with Crippen LogP contribution in [0.1, 0.15) is 58.4 Å². The van der Waals surface area contributed by atoms with Crippen molar-refractivity contribution in [3.05, 3.63) is 53.6 Å². The van der Waals surface area contributed by atoms with E-state index < -0.39 is 57.7 Å². The number of alkyl halides is 4. The third kappa shape index (κ3) is 4.35. The molecule has 3 fully saturated rings. The first-order valence-electron chi connectivity index (χ1n) is 14.2. The number of amides is 1. The largest absolute Gasteiger partial charge is 0.494 e. The Hall–Kier alpha value is -2.72. The van der Waals surface area contributed by atoms with Gasteiger partial charge in [0.05, 0.1) is 18.3 Å². The predicted octanol–water partition coefficient (Wildman–Crippen LogP) is 4.94. The Bertz CT molecular complexity index is 1280. The number of ether oxygens (including phenoxy) is 1. The molecule has 0 spiro atoms. The average Bonchev–Trinajstić information content (AvgIpc) is 3.11. The number of aliphatic hydroxyl groups is 2. The fourth-order valence-electron chi connectivity index (χ4n) is 8.37. The standard InChI is InChI=1S/C31H37F4NO5/c1-18-15-24-23-10-7-20-16-21(37)11-12-27(20,2)29(23,32)25(38)17-28(24,3)30(18,40)26(39)36-13-4-14-41-22-8-5-19(6-9-22)31(33,34)35/h5-6,8-9,11-12,16,18,23-25,38,40H,4,7,10,13-15,17H2,1-3H3,(H,36,39). The first-order valence-corrected chi connectivity index (χ1v) is 14.2. The highest BCUT2D eigenvalue weighted by Gasteiger charge is 2.75. The zero-order valence-corrected chi connectivity index (χ0v) is 23.4. The fourth-order valence-corrected chi connectivity index (χ4v) is 8.37. The van der Waals surface area contributed by atoms with Crippen LogP contribution >= 0.6 is 0 Å². The van der Waals surface area contributed by atoms with E-state index in [4.69, 9.17) is 4.74 Å². The van der Waals surface area contributed by atoms with Crippen molar-refractivity contribution in [2.45, 2.75) is 76.4 Å². The summed E-state index contributed by atoms with van der Waals surface area (Å²) in [6.07, 6.45) is 0.0689. The van der Waals surface area contributed by atoms with Gasteiger partial charge in [0.1, 0.15) is 5.75 Å². The van der Waals surface area contributed by atoms with Crippen LogP contribution in [0.5, 0.6) is 5.75 Å². The molecule has 1 aromatic carbocycles. The summed E-state index contributed by atoms with van der Waals surface area (Å²) >= 11 is 0. The van der Waals surface area contributed by atoms with Gasteiger partial charge in [-0.2, -0.15) is 13.2 Å². The van der Waals surface area contributed by atoms with Crippen molar-refractivity contribution in [3.63, 3.8) is 0 Å². The number of carbonyl (C=O) groups is 2. The van der Waals surface area contributed by atoms with Crippen LogP contribution in [0.25, 0.3) is 0 Å². The summed E-state index contributed by atoms with van der Waals surface area (Å²) in [5, 5.41) is 26.2. The lowest BCUT2D eigenvalue weighted by Gasteiger charge is -2.62. The van der Waals surface area contributed by atoms with Crippen molar-refractivity contribution in [2.75, 3.05) is 13.2 Å². The lowest BCUT2D eigenvalue weighted by molar-refractivity contribution is -0.219. The minimum Gasteiger partial charge on any atom is -0.494 e. The van der Waals surface area contributed by atoms with Crippen LogP contribution in [0.3, 0.4) is 0 Å². The molecule has 4 aliphatic carbocycles. The summed E-state index contributed by atoms with van der Waals surface area (Å²) in [7, 11) is 0. The molecule has 0 saturated heterocycles. The van der Waals surface area contributed by atoms with Crippen LogP contribution in [-0.2, 0) is 15.8 Å². The van der Waals surface area contributed by atoms with E-state index in [1.54, 1.807) is 26.8 Å². The van der Waals surface area contributed by atoms with Gasteiger partial charge in [-0.3, -0.25) is 9.59 Å². The molecule has 224 valence electrons. The summed E-state index contributed by atoms with van der Waals surface area (Å²) in [6, 6.07) is 4.33. The third-order valence-corrected chi connectivity index (χ3v) is 10.6. The Morgan fingerprint density at radius 1 is 1.17 bits per heavy atom. The van der Waals surface area contributed by atoms with E-state index in [9.17, 15) is 33.0 Å². The lowest BCUT2D eigenvalue weighted by atomic mass is 9.44. The normalized spacial score (nSPS) is 39.8. The van der Waals surface area contributed by atoms with E-state index >= 15 is 4.39 Å². The summed E-state index contributed by atoms with van der Waals surface area (Å²) in [5.74, 6) is -1.99. The molecule has 8 atom stereocenters. The minimum atomic E-state index is -4.43. The average molecular weight is 580 g/mol. The van der Waals surface area contributed by atoms with Crippen molar-refractivity contribution < 1.29 is 42.1 Å². The maximum Gasteiger partial charge on any atom is 0.416 e. The highest BCUT2D eigenvalue weighted by molar-refractivity contribution is 6.01. The highest BCUT2D eigenvalue weighted by Crippen LogP contribution is 2.70. The Labute approximate surface area is 236 Å². The van der Waals surface area contributed by atoms with Gasteiger partial charge in [-0.25, -0.2) is 4.39 Å². The first kappa shape index (κ1) is 29.8. The lowest BCUT2D eigenvalue weighted by Crippen LogP contribution is -2.70. The Balaban J connectivity index is 1.26. The molecule has 8 unspecified atom stereocenters. The molecule has 0 aliphatic heterocycles. The predicted molar refractivity (Wildman–Crippen MR) is 142 cm³/mol. The molecule has 3 saturated carbocycles. The van der Waals surface area contributed by atoms with Gasteiger partial charge >= 0.3 is 6.18 Å². The van der Waals surface area contributed by atoms with E-state index in [1.807, 2.05) is 0 Å². The molecule has 0 bridgehead atoms. The zero-order valence-electron chi connectivity index (χ0n) is 23.4. The van der Waals surface area contributed by atoms with Gasteiger partial charge in [-0.1, -0.05) is 25.5 Å². The number of aliphatic hydroxyl groups excluding tert-OH is 1. The first-order chi connectivity index (χ1) is 19.1. The van der Waals surface area contributed by atoms with Crippen LogP contribution in [-0.4, -0.2) is 52.4 Å². The number of allylic oxidation sites excluding steroid dienone is 4. The van der Waals surface area contributed by atoms with Gasteiger partial charge in [0.15, 0.2) is 17.1 Å². The van der Waals surface area contributed by atoms with Crippen molar-refractivity contribution in [1.29, 1.82) is 0 Å². The number of halogens is 4. The molecule has 1 aromatic rings. The maximum atomic E-state index is 17.2. The molecule has 10 heteroatoms. The van der Waals surface area contributed by atoms with Gasteiger partial charge in [-0.05, 0) is 87.3 Å². The summed E-state index contributed by atoms with van der Waals surface area (Å²) in [5.41, 5.74) is -6.23. The van der Waals surface area contributed by atoms with E-state index in [-0.39, 0.29) is 37.0 Å². The number of nitrogens with one attached hydrogen (secondary N) is 1. The molecule has 41 heavy (non-hydrogen) atoms. The number of benzene rings is 1. The fraction of sp³-hybridized carbons (Fsp3) is 0.613. The topological polar surface area (TPSA) is 95.9 Å². The quantitative estimate of drug-likeness (QED) is 0.328. The van der Waals surface area contributed by atoms with Gasteiger partial charge in [0, 0.05) is 23.3 Å². The van der Waals surface area contributed by atoms with E-state index in [1.165, 1.54) is 24.3 Å². The van der Waals surface area contributed by atoms with Gasteiger partial charge < -0.3 is 20.3 Å². The molecule has 0 aromatic heterocycles. The van der Waals surface area contributed by atoms with Gasteiger partial charge in [-0.15, -0.1) is 0 Å². The summed E-state index contributed by atoms with van der Waals surface area (Å²) in [6.45, 7) is 5.56. The molecule has 0 heterocycles. The second-order valence-corrected chi connectivity index (χ2v) is 12.6. The smallest absolute Gasteiger partial charge is 0.416 e. The van der Waals surface area contributed by atoms with Gasteiger partial charge in [0.2, 0.25) is 0 Å². The number of fused-ring (bicyclic) bond motifs is 5. The zero-order chi connectivity index (χ0) is 30.0. The third-order valence-electron chi connectivity index (χ3n) is 10.6. The number of carbonyl (C=O) groups excluding carboxylic acids is 2. The number of hydrogen-bond acceptors (Lipinski definition) is 5. The van der Waals surface area contributed by atoms with Crippen LogP contribution in [0.15, 0.2) is 48.1 Å². The molecular formula is C31H37F4NO5. The minimum absolute atomic E-state index is 0.111. The summed E-state index contributed by atoms with van der Waals surface area (Å²) in [4.78, 5) is 25.6. The molecular weight excluding hydrogens is 542 g/mol. The van der Waals surface area contributed by atoms with Crippen LogP contribution in [0, 0.1) is 28.6 Å². The second kappa shape index (κ2) is 9.93. The Morgan fingerprint density at radius 2 is 1.85 bits per heavy atom. The Morgan fingerprint density at radius 3 is 2.51 bits per heavy atom. The molecule has 3 N–H and O–H groups in total. The molecule has 5 rings (SSSR count). The number of rotatable bonds is 6. The van der Waals surface area contributed by atoms with Crippen LogP contribution in [0.4, 0.5) is 17.6 Å². The summed E-state index contributed by atoms with van der Waals surface area (Å²) < 4.78 is 60.9. The van der Waals surface area contributed by atoms with Crippen molar-refractivity contribution in [3.8, 4) is 5.75 Å². The molecule has 4 aliphatic rings. The van der Waals surface area contributed by atoms with Crippen molar-refractivity contribution >= 4 is 11.7 Å². The van der Waals surface area contributed by atoms with Crippen LogP contribution < -0.4 is 10.1 Å². The molecule has 1 amide bonds. The van der Waals surface area contributed by atoms with E-state index in [2.05, 4.69) is 5.32 Å². The van der Waals surface area contributed by atoms with E-state index in [0.29, 0.717) is 31.3 Å². The molecule has 6 nitrogen and oxygen atoms in total. The van der Waals surface area contributed by atoms with Crippen molar-refractivity contribution in [2.24, 2.45) is 28.6 Å².